The molecule has 1 fully saturated rings. The number of non-ortho nitro benzene ring substituents is 1. The summed E-state index contributed by atoms with van der Waals surface area (Å²) in [5.41, 5.74) is 0.769. The molecule has 1 aliphatic rings. The van der Waals surface area contributed by atoms with E-state index in [1.807, 2.05) is 36.4 Å². The standard InChI is InChI=1S/C23H20N4O4S/c28-27(29)17-9-11-18(12-10-17)32(30,31)26-15-13-25(14-16-26)23-21-7-2-1-5-19(21)20-6-3-4-8-22(20)24-23/h1-12H,13-16H2. The van der Waals surface area contributed by atoms with Crippen LogP contribution in [0.4, 0.5) is 11.5 Å². The Bertz CT molecular complexity index is 1430. The third-order valence-corrected chi connectivity index (χ3v) is 7.72. The summed E-state index contributed by atoms with van der Waals surface area (Å²) in [7, 11) is -3.72. The van der Waals surface area contributed by atoms with E-state index in [4.69, 9.17) is 4.98 Å². The van der Waals surface area contributed by atoms with E-state index >= 15 is 0 Å². The molecule has 8 nitrogen and oxygen atoms in total. The summed E-state index contributed by atoms with van der Waals surface area (Å²) in [6.45, 7) is 1.62. The van der Waals surface area contributed by atoms with Crippen LogP contribution in [0.5, 0.6) is 0 Å². The highest BCUT2D eigenvalue weighted by Gasteiger charge is 2.30. The van der Waals surface area contributed by atoms with Gasteiger partial charge in [0, 0.05) is 49.1 Å². The maximum Gasteiger partial charge on any atom is 0.269 e. The minimum absolute atomic E-state index is 0.0610. The van der Waals surface area contributed by atoms with Crippen LogP contribution in [0.3, 0.4) is 0 Å². The molecule has 9 heteroatoms. The van der Waals surface area contributed by atoms with Gasteiger partial charge in [0.2, 0.25) is 10.0 Å². The van der Waals surface area contributed by atoms with E-state index in [2.05, 4.69) is 17.0 Å². The second-order valence-electron chi connectivity index (χ2n) is 7.64. The van der Waals surface area contributed by atoms with Crippen LogP contribution in [-0.4, -0.2) is 48.8 Å². The number of nitrogens with zero attached hydrogens (tertiary/aromatic N) is 4. The summed E-state index contributed by atoms with van der Waals surface area (Å²) >= 11 is 0. The third kappa shape index (κ3) is 3.45. The Morgan fingerprint density at radius 2 is 1.38 bits per heavy atom. The minimum Gasteiger partial charge on any atom is -0.353 e. The van der Waals surface area contributed by atoms with Crippen LogP contribution in [0.1, 0.15) is 0 Å². The van der Waals surface area contributed by atoms with Gasteiger partial charge in [-0.05, 0) is 23.6 Å². The molecular formula is C23H20N4O4S. The van der Waals surface area contributed by atoms with E-state index < -0.39 is 14.9 Å². The van der Waals surface area contributed by atoms with Crippen LogP contribution in [0.2, 0.25) is 0 Å². The first-order chi connectivity index (χ1) is 15.4. The quantitative estimate of drug-likeness (QED) is 0.268. The molecular weight excluding hydrogens is 428 g/mol. The molecule has 0 bridgehead atoms. The molecule has 0 amide bonds. The number of pyridine rings is 1. The van der Waals surface area contributed by atoms with E-state index in [0.717, 1.165) is 27.5 Å². The molecule has 5 rings (SSSR count). The smallest absolute Gasteiger partial charge is 0.269 e. The molecule has 1 saturated heterocycles. The molecule has 4 aromatic rings. The van der Waals surface area contributed by atoms with Crippen molar-refractivity contribution in [3.8, 4) is 0 Å². The van der Waals surface area contributed by atoms with E-state index in [1.54, 1.807) is 0 Å². The summed E-state index contributed by atoms with van der Waals surface area (Å²) in [6.07, 6.45) is 0. The normalized spacial score (nSPS) is 15.3. The van der Waals surface area contributed by atoms with Crippen LogP contribution in [-0.2, 0) is 10.0 Å². The van der Waals surface area contributed by atoms with Gasteiger partial charge in [-0.1, -0.05) is 42.5 Å². The van der Waals surface area contributed by atoms with Gasteiger partial charge in [-0.2, -0.15) is 4.31 Å². The number of aromatic nitrogens is 1. The molecule has 0 spiro atoms. The van der Waals surface area contributed by atoms with Gasteiger partial charge in [0.05, 0.1) is 15.3 Å². The van der Waals surface area contributed by atoms with Gasteiger partial charge in [0.15, 0.2) is 0 Å². The second-order valence-corrected chi connectivity index (χ2v) is 9.58. The summed E-state index contributed by atoms with van der Waals surface area (Å²) in [6, 6.07) is 21.1. The maximum atomic E-state index is 13.0. The lowest BCUT2D eigenvalue weighted by Crippen LogP contribution is -2.49. The predicted octanol–water partition coefficient (Wildman–Crippen LogP) is 3.81. The number of fused-ring (bicyclic) bond motifs is 3. The van der Waals surface area contributed by atoms with Crippen LogP contribution in [0, 0.1) is 10.1 Å². The molecule has 32 heavy (non-hydrogen) atoms. The van der Waals surface area contributed by atoms with Crippen molar-refractivity contribution in [3.05, 3.63) is 82.9 Å². The number of para-hydroxylation sites is 1. The summed E-state index contributed by atoms with van der Waals surface area (Å²) < 4.78 is 27.5. The highest BCUT2D eigenvalue weighted by atomic mass is 32.2. The molecule has 0 radical (unpaired) electrons. The maximum absolute atomic E-state index is 13.0. The topological polar surface area (TPSA) is 96.6 Å². The number of hydrogen-bond acceptors (Lipinski definition) is 6. The monoisotopic (exact) mass is 448 g/mol. The largest absolute Gasteiger partial charge is 0.353 e. The molecule has 0 unspecified atom stereocenters. The lowest BCUT2D eigenvalue weighted by molar-refractivity contribution is -0.384. The summed E-state index contributed by atoms with van der Waals surface area (Å²) in [4.78, 5) is 17.4. The SMILES string of the molecule is O=[N+]([O-])c1ccc(S(=O)(=O)N2CCN(c3nc4ccccc4c4ccccc34)CC2)cc1. The first-order valence-corrected chi connectivity index (χ1v) is 11.7. The Labute approximate surface area is 184 Å². The van der Waals surface area contributed by atoms with Crippen molar-refractivity contribution in [2.75, 3.05) is 31.1 Å². The van der Waals surface area contributed by atoms with Crippen molar-refractivity contribution in [1.29, 1.82) is 0 Å². The molecule has 0 saturated carbocycles. The second kappa shape index (κ2) is 7.85. The fraction of sp³-hybridized carbons (Fsp3) is 0.174. The number of nitro groups is 1. The Morgan fingerprint density at radius 1 is 0.781 bits per heavy atom. The third-order valence-electron chi connectivity index (χ3n) is 5.81. The van der Waals surface area contributed by atoms with E-state index in [-0.39, 0.29) is 10.6 Å². The van der Waals surface area contributed by atoms with Crippen LogP contribution < -0.4 is 4.90 Å². The number of hydrogen-bond donors (Lipinski definition) is 0. The zero-order chi connectivity index (χ0) is 22.3. The molecule has 2 heterocycles. The van der Waals surface area contributed by atoms with Gasteiger partial charge >= 0.3 is 0 Å². The van der Waals surface area contributed by atoms with Crippen molar-refractivity contribution < 1.29 is 13.3 Å². The van der Waals surface area contributed by atoms with E-state index in [0.29, 0.717) is 26.2 Å². The average molecular weight is 449 g/mol. The highest BCUT2D eigenvalue weighted by Crippen LogP contribution is 2.32. The Hall–Kier alpha value is -3.56. The Balaban J connectivity index is 1.42. The predicted molar refractivity (Wildman–Crippen MR) is 123 cm³/mol. The Kier molecular flexibility index (Phi) is 4.99. The van der Waals surface area contributed by atoms with E-state index in [9.17, 15) is 18.5 Å². The van der Waals surface area contributed by atoms with Crippen LogP contribution >= 0.6 is 0 Å². The summed E-state index contributed by atoms with van der Waals surface area (Å²) in [5.74, 6) is 0.853. The number of nitro benzene ring substituents is 1. The van der Waals surface area contributed by atoms with Gasteiger partial charge in [0.25, 0.3) is 5.69 Å². The van der Waals surface area contributed by atoms with Gasteiger partial charge in [-0.25, -0.2) is 13.4 Å². The number of piperazine rings is 1. The van der Waals surface area contributed by atoms with E-state index in [1.165, 1.54) is 28.6 Å². The summed E-state index contributed by atoms with van der Waals surface area (Å²) in [5, 5.41) is 14.1. The highest BCUT2D eigenvalue weighted by molar-refractivity contribution is 7.89. The molecule has 162 valence electrons. The number of rotatable bonds is 4. The van der Waals surface area contributed by atoms with Crippen molar-refractivity contribution in [2.45, 2.75) is 4.90 Å². The molecule has 1 aliphatic heterocycles. The lowest BCUT2D eigenvalue weighted by atomic mass is 10.1. The first-order valence-electron chi connectivity index (χ1n) is 10.2. The minimum atomic E-state index is -3.72. The molecule has 0 N–H and O–H groups in total. The zero-order valence-corrected chi connectivity index (χ0v) is 17.9. The molecule has 0 atom stereocenters. The van der Waals surface area contributed by atoms with Crippen molar-refractivity contribution >= 4 is 43.2 Å². The van der Waals surface area contributed by atoms with Gasteiger partial charge in [-0.15, -0.1) is 0 Å². The Morgan fingerprint density at radius 3 is 2.03 bits per heavy atom. The van der Waals surface area contributed by atoms with Gasteiger partial charge in [0.1, 0.15) is 5.82 Å². The molecule has 0 aliphatic carbocycles. The van der Waals surface area contributed by atoms with Crippen molar-refractivity contribution in [1.82, 2.24) is 9.29 Å². The zero-order valence-electron chi connectivity index (χ0n) is 17.1. The van der Waals surface area contributed by atoms with Crippen molar-refractivity contribution in [3.63, 3.8) is 0 Å². The molecule has 3 aromatic carbocycles. The first kappa shape index (κ1) is 20.3. The van der Waals surface area contributed by atoms with Gasteiger partial charge in [-0.3, -0.25) is 10.1 Å². The number of anilines is 1. The van der Waals surface area contributed by atoms with Crippen LogP contribution in [0.25, 0.3) is 21.7 Å². The average Bonchev–Trinajstić information content (AvgIpc) is 2.83. The van der Waals surface area contributed by atoms with Crippen LogP contribution in [0.15, 0.2) is 77.7 Å². The molecule has 1 aromatic heterocycles. The number of sulfonamides is 1. The number of benzene rings is 3. The lowest BCUT2D eigenvalue weighted by Gasteiger charge is -2.35. The van der Waals surface area contributed by atoms with Crippen molar-refractivity contribution in [2.24, 2.45) is 0 Å². The fourth-order valence-electron chi connectivity index (χ4n) is 4.16. The van der Waals surface area contributed by atoms with Gasteiger partial charge < -0.3 is 4.90 Å². The fourth-order valence-corrected chi connectivity index (χ4v) is 5.58.